The van der Waals surface area contributed by atoms with Crippen LogP contribution >= 0.6 is 0 Å². The zero-order chi connectivity index (χ0) is 11.0. The predicted molar refractivity (Wildman–Crippen MR) is 58.1 cm³/mol. The summed E-state index contributed by atoms with van der Waals surface area (Å²) in [5.74, 6) is -0.261. The second kappa shape index (κ2) is 7.33. The van der Waals surface area contributed by atoms with Crippen molar-refractivity contribution in [3.05, 3.63) is 24.3 Å². The van der Waals surface area contributed by atoms with E-state index in [4.69, 9.17) is 4.74 Å². The van der Waals surface area contributed by atoms with Crippen molar-refractivity contribution in [2.45, 2.75) is 13.3 Å². The molecule has 0 amide bonds. The van der Waals surface area contributed by atoms with E-state index >= 15 is 0 Å². The zero-order valence-electron chi connectivity index (χ0n) is 9.25. The molecule has 0 saturated heterocycles. The Morgan fingerprint density at radius 3 is 2.64 bits per heavy atom. The van der Waals surface area contributed by atoms with Crippen LogP contribution in [0.3, 0.4) is 0 Å². The van der Waals surface area contributed by atoms with Gasteiger partial charge in [0.15, 0.2) is 0 Å². The zero-order valence-corrected chi connectivity index (χ0v) is 9.25. The Morgan fingerprint density at radius 2 is 2.14 bits per heavy atom. The van der Waals surface area contributed by atoms with E-state index in [1.54, 1.807) is 19.1 Å². The third kappa shape index (κ3) is 6.43. The number of hydrogen-bond donors (Lipinski definition) is 0. The molecule has 3 nitrogen and oxygen atoms in total. The number of nitrogens with zero attached hydrogens (tertiary/aromatic N) is 1. The summed E-state index contributed by atoms with van der Waals surface area (Å²) in [6, 6.07) is 0. The van der Waals surface area contributed by atoms with Gasteiger partial charge in [-0.15, -0.1) is 0 Å². The van der Waals surface area contributed by atoms with Crippen molar-refractivity contribution < 1.29 is 9.53 Å². The smallest absolute Gasteiger partial charge is 0.333 e. The van der Waals surface area contributed by atoms with Gasteiger partial charge in [0.2, 0.25) is 0 Å². The van der Waals surface area contributed by atoms with Gasteiger partial charge in [-0.1, -0.05) is 18.7 Å². The van der Waals surface area contributed by atoms with Gasteiger partial charge in [0.1, 0.15) is 0 Å². The molecular formula is C11H19NO2. The van der Waals surface area contributed by atoms with E-state index in [9.17, 15) is 4.79 Å². The first-order valence-corrected chi connectivity index (χ1v) is 4.69. The van der Waals surface area contributed by atoms with E-state index in [-0.39, 0.29) is 5.97 Å². The first-order chi connectivity index (χ1) is 6.57. The van der Waals surface area contributed by atoms with Gasteiger partial charge in [0.25, 0.3) is 0 Å². The van der Waals surface area contributed by atoms with Crippen molar-refractivity contribution >= 4 is 5.97 Å². The maximum Gasteiger partial charge on any atom is 0.333 e. The number of carbonyl (C=O) groups excluding carboxylic acids is 1. The van der Waals surface area contributed by atoms with E-state index in [0.29, 0.717) is 12.2 Å². The van der Waals surface area contributed by atoms with E-state index in [1.165, 1.54) is 0 Å². The molecule has 3 heteroatoms. The Labute approximate surface area is 86.0 Å². The number of ether oxygens (including phenoxy) is 1. The van der Waals surface area contributed by atoms with Crippen LogP contribution in [0.5, 0.6) is 0 Å². The molecule has 80 valence electrons. The highest BCUT2D eigenvalue weighted by Crippen LogP contribution is 1.97. The molecule has 0 atom stereocenters. The second-order valence-corrected chi connectivity index (χ2v) is 3.38. The minimum absolute atomic E-state index is 0.261. The summed E-state index contributed by atoms with van der Waals surface area (Å²) in [7, 11) is 3.98. The molecule has 14 heavy (non-hydrogen) atoms. The van der Waals surface area contributed by atoms with Crippen LogP contribution in [0.1, 0.15) is 13.3 Å². The monoisotopic (exact) mass is 197 g/mol. The van der Waals surface area contributed by atoms with Crippen LogP contribution in [0, 0.1) is 0 Å². The molecule has 0 aromatic rings. The maximum atomic E-state index is 11.2. The summed E-state index contributed by atoms with van der Waals surface area (Å²) < 4.78 is 5.03. The number of rotatable bonds is 6. The quantitative estimate of drug-likeness (QED) is 0.280. The lowest BCUT2D eigenvalue weighted by Gasteiger charge is -2.09. The van der Waals surface area contributed by atoms with Crippen molar-refractivity contribution in [2.75, 3.05) is 27.2 Å². The summed E-state index contributed by atoms with van der Waals surface area (Å²) >= 11 is 0. The van der Waals surface area contributed by atoms with Gasteiger partial charge < -0.3 is 9.64 Å². The highest BCUT2D eigenvalue weighted by molar-refractivity contribution is 5.88. The van der Waals surface area contributed by atoms with Gasteiger partial charge in [-0.3, -0.25) is 0 Å². The highest BCUT2D eigenvalue weighted by atomic mass is 16.5. The van der Waals surface area contributed by atoms with E-state index < -0.39 is 0 Å². The lowest BCUT2D eigenvalue weighted by atomic mass is 10.3. The third-order valence-electron chi connectivity index (χ3n) is 1.67. The lowest BCUT2D eigenvalue weighted by molar-refractivity contribution is -0.139. The van der Waals surface area contributed by atoms with Crippen molar-refractivity contribution in [1.82, 2.24) is 4.90 Å². The minimum atomic E-state index is -0.261. The van der Waals surface area contributed by atoms with Crippen LogP contribution in [-0.4, -0.2) is 38.1 Å². The van der Waals surface area contributed by atoms with Crippen LogP contribution < -0.4 is 0 Å². The Kier molecular flexibility index (Phi) is 6.76. The summed E-state index contributed by atoms with van der Waals surface area (Å²) in [5, 5.41) is 0. The van der Waals surface area contributed by atoms with Crippen molar-refractivity contribution in [3.8, 4) is 0 Å². The first kappa shape index (κ1) is 12.9. The summed E-state index contributed by atoms with van der Waals surface area (Å²) in [6.45, 7) is 6.63. The molecule has 0 saturated carbocycles. The number of carbonyl (C=O) groups is 1. The van der Waals surface area contributed by atoms with Crippen LogP contribution in [-0.2, 0) is 9.53 Å². The van der Waals surface area contributed by atoms with Crippen molar-refractivity contribution in [3.63, 3.8) is 0 Å². The highest BCUT2D eigenvalue weighted by Gasteiger charge is 2.03. The molecule has 0 rings (SSSR count). The molecule has 0 aliphatic heterocycles. The van der Waals surface area contributed by atoms with Gasteiger partial charge in [-0.25, -0.2) is 4.79 Å². The van der Waals surface area contributed by atoms with Crippen LogP contribution in [0.15, 0.2) is 24.3 Å². The van der Waals surface area contributed by atoms with Gasteiger partial charge in [-0.2, -0.15) is 0 Å². The largest absolute Gasteiger partial charge is 0.462 e. The Balaban J connectivity index is 3.64. The van der Waals surface area contributed by atoms with Gasteiger partial charge >= 0.3 is 5.97 Å². The summed E-state index contributed by atoms with van der Waals surface area (Å²) in [5.41, 5.74) is 0.588. The normalized spacial score (nSPS) is 11.6. The fourth-order valence-electron chi connectivity index (χ4n) is 0.904. The van der Waals surface area contributed by atoms with Crippen molar-refractivity contribution in [1.29, 1.82) is 0 Å². The SMILES string of the molecule is C=C/C=C(\C)C(=O)OCCCN(C)C. The van der Waals surface area contributed by atoms with Crippen LogP contribution in [0.2, 0.25) is 0 Å². The molecular weight excluding hydrogens is 178 g/mol. The first-order valence-electron chi connectivity index (χ1n) is 4.69. The average molecular weight is 197 g/mol. The maximum absolute atomic E-state index is 11.2. The third-order valence-corrected chi connectivity index (χ3v) is 1.67. The standard InChI is InChI=1S/C11H19NO2/c1-5-7-10(2)11(13)14-9-6-8-12(3)4/h5,7H,1,6,8-9H2,2-4H3/b10-7+. The second-order valence-electron chi connectivity index (χ2n) is 3.38. The molecule has 0 fully saturated rings. The fourth-order valence-corrected chi connectivity index (χ4v) is 0.904. The van der Waals surface area contributed by atoms with Gasteiger partial charge in [-0.05, 0) is 27.4 Å². The molecule has 0 N–H and O–H groups in total. The Bertz CT molecular complexity index is 219. The lowest BCUT2D eigenvalue weighted by Crippen LogP contribution is -2.16. The summed E-state index contributed by atoms with van der Waals surface area (Å²) in [4.78, 5) is 13.3. The molecule has 0 bridgehead atoms. The predicted octanol–water partition coefficient (Wildman–Crippen LogP) is 1.61. The van der Waals surface area contributed by atoms with E-state index in [0.717, 1.165) is 13.0 Å². The average Bonchev–Trinajstić information content (AvgIpc) is 2.12. The van der Waals surface area contributed by atoms with E-state index in [2.05, 4.69) is 11.5 Å². The molecule has 0 aromatic heterocycles. The fraction of sp³-hybridized carbons (Fsp3) is 0.545. The number of allylic oxidation sites excluding steroid dienone is 2. The molecule has 0 unspecified atom stereocenters. The number of esters is 1. The van der Waals surface area contributed by atoms with E-state index in [1.807, 2.05) is 14.1 Å². The molecule has 0 aliphatic carbocycles. The molecule has 0 aliphatic rings. The van der Waals surface area contributed by atoms with Crippen LogP contribution in [0.4, 0.5) is 0 Å². The minimum Gasteiger partial charge on any atom is -0.462 e. The molecule has 0 radical (unpaired) electrons. The summed E-state index contributed by atoms with van der Waals surface area (Å²) in [6.07, 6.45) is 4.09. The van der Waals surface area contributed by atoms with Gasteiger partial charge in [0.05, 0.1) is 6.61 Å². The number of hydrogen-bond acceptors (Lipinski definition) is 3. The topological polar surface area (TPSA) is 29.5 Å². The molecule has 0 spiro atoms. The van der Waals surface area contributed by atoms with Crippen LogP contribution in [0.25, 0.3) is 0 Å². The Hall–Kier alpha value is -1.09. The molecule has 0 aromatic carbocycles. The van der Waals surface area contributed by atoms with Gasteiger partial charge in [0, 0.05) is 12.1 Å². The Morgan fingerprint density at radius 1 is 1.50 bits per heavy atom. The van der Waals surface area contributed by atoms with Crippen molar-refractivity contribution in [2.24, 2.45) is 0 Å². The molecule has 0 heterocycles.